The van der Waals surface area contributed by atoms with Crippen molar-refractivity contribution < 1.29 is 9.84 Å². The quantitative estimate of drug-likeness (QED) is 0.722. The first-order valence-corrected chi connectivity index (χ1v) is 9.14. The number of hydrogen-bond donors (Lipinski definition) is 1. The molecule has 0 spiro atoms. The molecule has 0 bridgehead atoms. The molecule has 3 aliphatic carbocycles. The SMILES string of the molecule is C/C=C1\CCC2C3CCc4cc(O)c(OC)cc4C3CC[C@]12C. The molecule has 2 fully saturated rings. The molecule has 0 aliphatic heterocycles. The smallest absolute Gasteiger partial charge is 0.160 e. The number of methoxy groups -OCH3 is 1. The molecule has 2 heteroatoms. The van der Waals surface area contributed by atoms with Crippen LogP contribution in [-0.4, -0.2) is 12.2 Å². The van der Waals surface area contributed by atoms with Crippen LogP contribution in [0, 0.1) is 17.3 Å². The van der Waals surface area contributed by atoms with E-state index in [9.17, 15) is 5.11 Å². The maximum atomic E-state index is 10.1. The lowest BCUT2D eigenvalue weighted by molar-refractivity contribution is 0.0812. The predicted molar refractivity (Wildman–Crippen MR) is 93.0 cm³/mol. The molecule has 4 rings (SSSR count). The van der Waals surface area contributed by atoms with Gasteiger partial charge in [-0.2, -0.15) is 0 Å². The van der Waals surface area contributed by atoms with Crippen LogP contribution >= 0.6 is 0 Å². The second-order valence-electron chi connectivity index (χ2n) is 7.95. The number of hydrogen-bond acceptors (Lipinski definition) is 2. The Kier molecular flexibility index (Phi) is 3.48. The second kappa shape index (κ2) is 5.29. The minimum atomic E-state index is 0.294. The number of benzene rings is 1. The second-order valence-corrected chi connectivity index (χ2v) is 7.95. The summed E-state index contributed by atoms with van der Waals surface area (Å²) < 4.78 is 5.37. The van der Waals surface area contributed by atoms with E-state index < -0.39 is 0 Å². The van der Waals surface area contributed by atoms with E-state index in [4.69, 9.17) is 4.74 Å². The van der Waals surface area contributed by atoms with Gasteiger partial charge in [-0.05, 0) is 91.9 Å². The number of allylic oxidation sites excluding steroid dienone is 2. The van der Waals surface area contributed by atoms with Gasteiger partial charge >= 0.3 is 0 Å². The molecule has 1 aromatic rings. The molecule has 0 radical (unpaired) electrons. The van der Waals surface area contributed by atoms with Gasteiger partial charge in [0.2, 0.25) is 0 Å². The lowest BCUT2D eigenvalue weighted by Gasteiger charge is -2.49. The third kappa shape index (κ3) is 2.07. The van der Waals surface area contributed by atoms with Crippen molar-refractivity contribution >= 4 is 0 Å². The van der Waals surface area contributed by atoms with Crippen molar-refractivity contribution in [2.45, 2.75) is 58.3 Å². The van der Waals surface area contributed by atoms with E-state index >= 15 is 0 Å². The van der Waals surface area contributed by atoms with E-state index in [1.807, 2.05) is 6.07 Å². The van der Waals surface area contributed by atoms with Crippen LogP contribution in [0.2, 0.25) is 0 Å². The minimum absolute atomic E-state index is 0.294. The van der Waals surface area contributed by atoms with Gasteiger partial charge in [0.1, 0.15) is 0 Å². The first kappa shape index (κ1) is 15.1. The number of fused-ring (bicyclic) bond motifs is 5. The summed E-state index contributed by atoms with van der Waals surface area (Å²) in [7, 11) is 1.65. The maximum absolute atomic E-state index is 10.1. The molecule has 0 amide bonds. The topological polar surface area (TPSA) is 29.5 Å². The van der Waals surface area contributed by atoms with Gasteiger partial charge in [-0.25, -0.2) is 0 Å². The fourth-order valence-electron chi connectivity index (χ4n) is 6.07. The number of phenolic OH excluding ortho intramolecular Hbond substituents is 1. The third-order valence-corrected chi connectivity index (χ3v) is 7.22. The molecule has 0 saturated heterocycles. The number of aryl methyl sites for hydroxylation is 1. The van der Waals surface area contributed by atoms with Crippen molar-refractivity contribution in [2.75, 3.05) is 7.11 Å². The summed E-state index contributed by atoms with van der Waals surface area (Å²) in [5.74, 6) is 3.22. The first-order valence-electron chi connectivity index (χ1n) is 9.14. The summed E-state index contributed by atoms with van der Waals surface area (Å²) in [4.78, 5) is 0. The Morgan fingerprint density at radius 3 is 2.78 bits per heavy atom. The summed E-state index contributed by atoms with van der Waals surface area (Å²) >= 11 is 0. The Morgan fingerprint density at radius 2 is 2.04 bits per heavy atom. The zero-order chi connectivity index (χ0) is 16.2. The zero-order valence-corrected chi connectivity index (χ0v) is 14.6. The van der Waals surface area contributed by atoms with Crippen molar-refractivity contribution in [3.63, 3.8) is 0 Å². The largest absolute Gasteiger partial charge is 0.504 e. The standard InChI is InChI=1S/C21H28O2/c1-4-14-6-8-18-16-7-5-13-11-19(22)20(23-3)12-17(13)15(16)9-10-21(14,18)2/h4,11-12,15-16,18,22H,5-10H2,1-3H3/b14-4+/t15?,16?,18?,21-/m1/s1. The third-order valence-electron chi connectivity index (χ3n) is 7.22. The lowest BCUT2D eigenvalue weighted by atomic mass is 9.55. The molecule has 124 valence electrons. The Labute approximate surface area is 139 Å². The molecule has 3 aliphatic rings. The highest BCUT2D eigenvalue weighted by Gasteiger charge is 2.52. The highest BCUT2D eigenvalue weighted by atomic mass is 16.5. The van der Waals surface area contributed by atoms with Gasteiger partial charge in [-0.15, -0.1) is 0 Å². The maximum Gasteiger partial charge on any atom is 0.160 e. The highest BCUT2D eigenvalue weighted by molar-refractivity contribution is 5.49. The predicted octanol–water partition coefficient (Wildman–Crippen LogP) is 5.20. The normalized spacial score (nSPS) is 37.2. The number of phenols is 1. The summed E-state index contributed by atoms with van der Waals surface area (Å²) in [5.41, 5.74) is 4.94. The van der Waals surface area contributed by atoms with Crippen LogP contribution < -0.4 is 4.74 Å². The summed E-state index contributed by atoms with van der Waals surface area (Å²) in [6.45, 7) is 4.74. The van der Waals surface area contributed by atoms with E-state index in [1.54, 1.807) is 12.7 Å². The van der Waals surface area contributed by atoms with E-state index in [2.05, 4.69) is 26.0 Å². The summed E-state index contributed by atoms with van der Waals surface area (Å²) in [5, 5.41) is 10.1. The van der Waals surface area contributed by atoms with Crippen LogP contribution in [0.3, 0.4) is 0 Å². The monoisotopic (exact) mass is 312 g/mol. The molecule has 23 heavy (non-hydrogen) atoms. The van der Waals surface area contributed by atoms with Gasteiger partial charge in [0.15, 0.2) is 11.5 Å². The van der Waals surface area contributed by atoms with Gasteiger partial charge in [-0.1, -0.05) is 18.6 Å². The Balaban J connectivity index is 1.73. The van der Waals surface area contributed by atoms with Gasteiger partial charge in [0.25, 0.3) is 0 Å². The van der Waals surface area contributed by atoms with Gasteiger partial charge < -0.3 is 9.84 Å². The molecular formula is C21H28O2. The van der Waals surface area contributed by atoms with Crippen LogP contribution in [0.15, 0.2) is 23.8 Å². The van der Waals surface area contributed by atoms with Crippen LogP contribution in [0.25, 0.3) is 0 Å². The van der Waals surface area contributed by atoms with E-state index in [1.165, 1.54) is 43.2 Å². The van der Waals surface area contributed by atoms with Crippen molar-refractivity contribution in [1.82, 2.24) is 0 Å². The lowest BCUT2D eigenvalue weighted by Crippen LogP contribution is -2.40. The molecule has 1 N–H and O–H groups in total. The van der Waals surface area contributed by atoms with Crippen LogP contribution in [-0.2, 0) is 6.42 Å². The van der Waals surface area contributed by atoms with Crippen LogP contribution in [0.4, 0.5) is 0 Å². The van der Waals surface area contributed by atoms with Gasteiger partial charge in [-0.3, -0.25) is 0 Å². The Hall–Kier alpha value is -1.44. The van der Waals surface area contributed by atoms with Gasteiger partial charge in [0.05, 0.1) is 7.11 Å². The van der Waals surface area contributed by atoms with E-state index in [-0.39, 0.29) is 0 Å². The average molecular weight is 312 g/mol. The molecule has 1 aromatic carbocycles. The first-order chi connectivity index (χ1) is 11.1. The minimum Gasteiger partial charge on any atom is -0.504 e. The molecular weight excluding hydrogens is 284 g/mol. The van der Waals surface area contributed by atoms with Crippen molar-refractivity contribution in [2.24, 2.45) is 17.3 Å². The fraction of sp³-hybridized carbons (Fsp3) is 0.619. The summed E-state index contributed by atoms with van der Waals surface area (Å²) in [6.07, 6.45) is 10.0. The molecule has 4 atom stereocenters. The average Bonchev–Trinajstić information content (AvgIpc) is 2.90. The Morgan fingerprint density at radius 1 is 1.22 bits per heavy atom. The van der Waals surface area contributed by atoms with Crippen molar-refractivity contribution in [3.8, 4) is 11.5 Å². The highest BCUT2D eigenvalue weighted by Crippen LogP contribution is 2.63. The molecule has 0 aromatic heterocycles. The molecule has 2 nitrogen and oxygen atoms in total. The molecule has 0 heterocycles. The number of aromatic hydroxyl groups is 1. The van der Waals surface area contributed by atoms with Crippen LogP contribution in [0.5, 0.6) is 11.5 Å². The van der Waals surface area contributed by atoms with Crippen molar-refractivity contribution in [1.29, 1.82) is 0 Å². The van der Waals surface area contributed by atoms with Crippen LogP contribution in [0.1, 0.15) is 63.0 Å². The number of rotatable bonds is 1. The number of ether oxygens (including phenoxy) is 1. The van der Waals surface area contributed by atoms with Gasteiger partial charge in [0, 0.05) is 0 Å². The van der Waals surface area contributed by atoms with E-state index in [0.29, 0.717) is 22.8 Å². The Bertz CT molecular complexity index is 660. The fourth-order valence-corrected chi connectivity index (χ4v) is 6.07. The van der Waals surface area contributed by atoms with Crippen molar-refractivity contribution in [3.05, 3.63) is 34.9 Å². The summed E-state index contributed by atoms with van der Waals surface area (Å²) in [6, 6.07) is 4.07. The van der Waals surface area contributed by atoms with E-state index in [0.717, 1.165) is 18.3 Å². The molecule has 3 unspecified atom stereocenters. The molecule has 2 saturated carbocycles. The zero-order valence-electron chi connectivity index (χ0n) is 14.6.